The second kappa shape index (κ2) is 11.0. The van der Waals surface area contributed by atoms with E-state index in [4.69, 9.17) is 0 Å². The van der Waals surface area contributed by atoms with E-state index in [0.29, 0.717) is 36.9 Å². The van der Waals surface area contributed by atoms with Crippen LogP contribution >= 0.6 is 0 Å². The predicted molar refractivity (Wildman–Crippen MR) is 136 cm³/mol. The summed E-state index contributed by atoms with van der Waals surface area (Å²) >= 11 is 0. The molecule has 2 aromatic heterocycles. The molecule has 2 saturated carbocycles. The second-order valence-electron chi connectivity index (χ2n) is 9.97. The number of anilines is 2. The van der Waals surface area contributed by atoms with Crippen LogP contribution in [0.5, 0.6) is 0 Å². The molecule has 0 aliphatic heterocycles. The number of aromatic nitrogens is 4. The lowest BCUT2D eigenvalue weighted by molar-refractivity contribution is -0.137. The first-order valence-electron chi connectivity index (χ1n) is 12.7. The molecule has 2 heterocycles. The van der Waals surface area contributed by atoms with Gasteiger partial charge in [-0.05, 0) is 56.2 Å². The Kier molecular flexibility index (Phi) is 7.68. The summed E-state index contributed by atoms with van der Waals surface area (Å²) in [6.07, 6.45) is 2.33. The van der Waals surface area contributed by atoms with Crippen molar-refractivity contribution in [3.05, 3.63) is 65.2 Å². The number of aromatic amines is 1. The topological polar surface area (TPSA) is 125 Å². The fourth-order valence-corrected chi connectivity index (χ4v) is 6.14. The van der Waals surface area contributed by atoms with Gasteiger partial charge in [0.15, 0.2) is 5.82 Å². The number of hydrogen-bond donors (Lipinski definition) is 4. The van der Waals surface area contributed by atoms with Crippen molar-refractivity contribution in [3.63, 3.8) is 0 Å². The van der Waals surface area contributed by atoms with Gasteiger partial charge in [0.05, 0.1) is 17.9 Å². The number of benzene rings is 1. The first-order chi connectivity index (χ1) is 18.1. The molecule has 0 atom stereocenters. The largest absolute Gasteiger partial charge is 0.416 e. The molecule has 204 valence electrons. The molecule has 0 bridgehead atoms. The predicted octanol–water partition coefficient (Wildman–Crippen LogP) is 4.36. The van der Waals surface area contributed by atoms with E-state index in [1.807, 2.05) is 6.07 Å². The normalized spacial score (nSPS) is 20.4. The summed E-state index contributed by atoms with van der Waals surface area (Å²) in [6, 6.07) is 8.15. The third-order valence-electron chi connectivity index (χ3n) is 6.81. The Morgan fingerprint density at radius 2 is 1.74 bits per heavy atom. The number of hydrogen-bond acceptors (Lipinski definition) is 7. The van der Waals surface area contributed by atoms with E-state index in [1.165, 1.54) is 25.0 Å². The van der Waals surface area contributed by atoms with E-state index >= 15 is 0 Å². The number of alkyl halides is 3. The van der Waals surface area contributed by atoms with E-state index in [1.54, 1.807) is 12.3 Å². The monoisotopic (exact) mass is 549 g/mol. The SMILES string of the molecule is O=S(=O)(Cc1cccc(C(F)(F)F)c1)NC1CCC(NCc2nccc(Nc3cc(C4CC4)[nH]n3)n2)CC1. The van der Waals surface area contributed by atoms with Crippen LogP contribution in [-0.4, -0.2) is 40.7 Å². The molecule has 13 heteroatoms. The third kappa shape index (κ3) is 7.29. The summed E-state index contributed by atoms with van der Waals surface area (Å²) in [5.74, 6) is 2.11. The van der Waals surface area contributed by atoms with Gasteiger partial charge in [-0.2, -0.15) is 18.3 Å². The Labute approximate surface area is 219 Å². The summed E-state index contributed by atoms with van der Waals surface area (Å²) in [4.78, 5) is 8.88. The van der Waals surface area contributed by atoms with Gasteiger partial charge in [-0.25, -0.2) is 23.1 Å². The zero-order valence-electron chi connectivity index (χ0n) is 20.6. The maximum Gasteiger partial charge on any atom is 0.416 e. The van der Waals surface area contributed by atoms with Gasteiger partial charge in [0.1, 0.15) is 11.6 Å². The van der Waals surface area contributed by atoms with Crippen molar-refractivity contribution >= 4 is 21.7 Å². The van der Waals surface area contributed by atoms with Crippen LogP contribution in [0.4, 0.5) is 24.8 Å². The maximum atomic E-state index is 12.9. The molecule has 2 aliphatic carbocycles. The number of halogens is 3. The van der Waals surface area contributed by atoms with Crippen LogP contribution in [0.25, 0.3) is 0 Å². The number of rotatable bonds is 10. The summed E-state index contributed by atoms with van der Waals surface area (Å²) in [7, 11) is -3.77. The first-order valence-corrected chi connectivity index (χ1v) is 14.3. The van der Waals surface area contributed by atoms with Gasteiger partial charge >= 0.3 is 6.18 Å². The number of H-pyrrole nitrogens is 1. The van der Waals surface area contributed by atoms with Crippen molar-refractivity contribution in [3.8, 4) is 0 Å². The minimum Gasteiger partial charge on any atom is -0.323 e. The van der Waals surface area contributed by atoms with Crippen LogP contribution in [-0.2, 0) is 28.5 Å². The van der Waals surface area contributed by atoms with Crippen molar-refractivity contribution in [1.82, 2.24) is 30.2 Å². The Balaban J connectivity index is 1.07. The van der Waals surface area contributed by atoms with Crippen LogP contribution in [0.2, 0.25) is 0 Å². The summed E-state index contributed by atoms with van der Waals surface area (Å²) < 4.78 is 66.6. The van der Waals surface area contributed by atoms with Crippen molar-refractivity contribution in [1.29, 1.82) is 0 Å². The lowest BCUT2D eigenvalue weighted by atomic mass is 9.92. The molecule has 5 rings (SSSR count). The average molecular weight is 550 g/mol. The van der Waals surface area contributed by atoms with Gasteiger partial charge in [0.2, 0.25) is 10.0 Å². The second-order valence-corrected chi connectivity index (χ2v) is 11.7. The highest BCUT2D eigenvalue weighted by atomic mass is 32.2. The Morgan fingerprint density at radius 1 is 0.974 bits per heavy atom. The van der Waals surface area contributed by atoms with E-state index in [2.05, 4.69) is 35.5 Å². The number of sulfonamides is 1. The molecule has 0 spiro atoms. The first kappa shape index (κ1) is 26.6. The lowest BCUT2D eigenvalue weighted by Crippen LogP contribution is -2.42. The minimum absolute atomic E-state index is 0.107. The number of nitrogens with zero attached hydrogens (tertiary/aromatic N) is 3. The summed E-state index contributed by atoms with van der Waals surface area (Å²) in [5.41, 5.74) is 0.387. The van der Waals surface area contributed by atoms with Crippen LogP contribution in [0.1, 0.15) is 67.1 Å². The molecule has 2 aliphatic rings. The van der Waals surface area contributed by atoms with E-state index in [-0.39, 0.29) is 17.6 Å². The highest BCUT2D eigenvalue weighted by Gasteiger charge is 2.31. The Bertz CT molecular complexity index is 1350. The molecule has 2 fully saturated rings. The number of nitrogens with one attached hydrogen (secondary N) is 4. The van der Waals surface area contributed by atoms with Gasteiger partial charge in [-0.3, -0.25) is 5.10 Å². The zero-order chi connectivity index (χ0) is 26.8. The molecular weight excluding hydrogens is 519 g/mol. The molecule has 0 amide bonds. The average Bonchev–Trinajstić information content (AvgIpc) is 3.62. The highest BCUT2D eigenvalue weighted by molar-refractivity contribution is 7.88. The summed E-state index contributed by atoms with van der Waals surface area (Å²) in [5, 5.41) is 14.0. The maximum absolute atomic E-state index is 12.9. The molecule has 0 radical (unpaired) electrons. The molecular formula is C25H30F3N7O2S. The van der Waals surface area contributed by atoms with Crippen LogP contribution < -0.4 is 15.4 Å². The van der Waals surface area contributed by atoms with E-state index in [0.717, 1.165) is 36.5 Å². The molecule has 3 aromatic rings. The van der Waals surface area contributed by atoms with Crippen molar-refractivity contribution in [2.75, 3.05) is 5.32 Å². The third-order valence-corrected chi connectivity index (χ3v) is 8.22. The Hall–Kier alpha value is -3.03. The fraction of sp³-hybridized carbons (Fsp3) is 0.480. The van der Waals surface area contributed by atoms with Gasteiger partial charge in [-0.1, -0.05) is 18.2 Å². The molecule has 9 nitrogen and oxygen atoms in total. The molecule has 4 N–H and O–H groups in total. The van der Waals surface area contributed by atoms with Crippen LogP contribution in [0, 0.1) is 0 Å². The van der Waals surface area contributed by atoms with Crippen molar-refractivity contribution < 1.29 is 21.6 Å². The van der Waals surface area contributed by atoms with Gasteiger partial charge in [0.25, 0.3) is 0 Å². The fourth-order valence-electron chi connectivity index (χ4n) is 4.69. The van der Waals surface area contributed by atoms with E-state index in [9.17, 15) is 21.6 Å². The molecule has 0 unspecified atom stereocenters. The van der Waals surface area contributed by atoms with Crippen molar-refractivity contribution in [2.24, 2.45) is 0 Å². The van der Waals surface area contributed by atoms with Crippen molar-refractivity contribution in [2.45, 2.75) is 75.0 Å². The Morgan fingerprint density at radius 3 is 2.47 bits per heavy atom. The van der Waals surface area contributed by atoms with Gasteiger partial charge < -0.3 is 10.6 Å². The molecule has 1 aromatic carbocycles. The standard InChI is InChI=1S/C25H30F3N7O2S/c26-25(27,28)18-3-1-2-16(12-18)15-38(36,37)35-20-8-6-19(7-9-20)30-14-24-29-11-10-22(32-24)31-23-13-21(33-34-23)17-4-5-17/h1-3,10-13,17,19-20,30,35H,4-9,14-15H2,(H2,29,31,32,33,34). The lowest BCUT2D eigenvalue weighted by Gasteiger charge is -2.29. The smallest absolute Gasteiger partial charge is 0.323 e. The zero-order valence-corrected chi connectivity index (χ0v) is 21.4. The highest BCUT2D eigenvalue weighted by Crippen LogP contribution is 2.39. The minimum atomic E-state index is -4.51. The quantitative estimate of drug-likeness (QED) is 0.296. The van der Waals surface area contributed by atoms with E-state index < -0.39 is 27.5 Å². The van der Waals surface area contributed by atoms with Crippen LogP contribution in [0.15, 0.2) is 42.6 Å². The van der Waals surface area contributed by atoms with Gasteiger partial charge in [0, 0.05) is 36.0 Å². The van der Waals surface area contributed by atoms with Gasteiger partial charge in [-0.15, -0.1) is 0 Å². The van der Waals surface area contributed by atoms with Crippen LogP contribution in [0.3, 0.4) is 0 Å². The molecule has 38 heavy (non-hydrogen) atoms. The summed E-state index contributed by atoms with van der Waals surface area (Å²) in [6.45, 7) is 0.472. The molecule has 0 saturated heterocycles.